The Hall–Kier alpha value is -2.26. The monoisotopic (exact) mass is 331 g/mol. The zero-order chi connectivity index (χ0) is 17.2. The van der Waals surface area contributed by atoms with Crippen LogP contribution in [0.1, 0.15) is 25.3 Å². The summed E-state index contributed by atoms with van der Waals surface area (Å²) < 4.78 is 33.9. The van der Waals surface area contributed by atoms with Crippen LogP contribution in [0.15, 0.2) is 34.9 Å². The maximum Gasteiger partial charge on any atom is 0.218 e. The number of piperidine rings is 1. The third-order valence-electron chi connectivity index (χ3n) is 4.75. The molecular weight excluding hydrogens is 312 g/mol. The number of aromatic nitrogens is 1. The second-order valence-corrected chi connectivity index (χ2v) is 6.57. The molecule has 2 aromatic rings. The highest BCUT2D eigenvalue weighted by Crippen LogP contribution is 2.37. The van der Waals surface area contributed by atoms with Crippen molar-refractivity contribution >= 4 is 0 Å². The number of nitrogens with zero attached hydrogens (tertiary/aromatic N) is 3. The van der Waals surface area contributed by atoms with Gasteiger partial charge in [0.2, 0.25) is 5.95 Å². The van der Waals surface area contributed by atoms with Crippen LogP contribution in [0.5, 0.6) is 0 Å². The summed E-state index contributed by atoms with van der Waals surface area (Å²) in [6.45, 7) is 2.95. The van der Waals surface area contributed by atoms with E-state index >= 15 is 0 Å². The van der Waals surface area contributed by atoms with Crippen LogP contribution in [0, 0.1) is 22.7 Å². The van der Waals surface area contributed by atoms with E-state index in [0.717, 1.165) is 0 Å². The number of alkyl halides is 1. The SMILES string of the molecule is CC1(CC#N)CCN(Cc2ccc(-c3ccco3)nc2F)CC1F. The molecule has 0 aliphatic carbocycles. The molecule has 0 saturated carbocycles. The van der Waals surface area contributed by atoms with Crippen molar-refractivity contribution in [1.82, 2.24) is 9.88 Å². The summed E-state index contributed by atoms with van der Waals surface area (Å²) in [5.74, 6) is -0.0563. The van der Waals surface area contributed by atoms with E-state index in [2.05, 4.69) is 11.1 Å². The molecule has 24 heavy (non-hydrogen) atoms. The van der Waals surface area contributed by atoms with E-state index in [4.69, 9.17) is 9.68 Å². The quantitative estimate of drug-likeness (QED) is 0.796. The zero-order valence-corrected chi connectivity index (χ0v) is 13.5. The highest BCUT2D eigenvalue weighted by Gasteiger charge is 2.39. The lowest BCUT2D eigenvalue weighted by molar-refractivity contribution is 0.0181. The topological polar surface area (TPSA) is 53.1 Å². The Labute approximate surface area is 139 Å². The number of furan rings is 1. The van der Waals surface area contributed by atoms with Crippen LogP contribution < -0.4 is 0 Å². The first-order chi connectivity index (χ1) is 11.5. The highest BCUT2D eigenvalue weighted by atomic mass is 19.1. The number of pyridine rings is 1. The van der Waals surface area contributed by atoms with Crippen molar-refractivity contribution in [3.8, 4) is 17.5 Å². The van der Waals surface area contributed by atoms with Crippen molar-refractivity contribution in [2.45, 2.75) is 32.5 Å². The van der Waals surface area contributed by atoms with E-state index < -0.39 is 17.5 Å². The zero-order valence-electron chi connectivity index (χ0n) is 13.5. The van der Waals surface area contributed by atoms with E-state index in [9.17, 15) is 8.78 Å². The van der Waals surface area contributed by atoms with Gasteiger partial charge in [0.15, 0.2) is 5.76 Å². The fourth-order valence-electron chi connectivity index (χ4n) is 3.02. The number of halogens is 2. The number of rotatable bonds is 4. The summed E-state index contributed by atoms with van der Waals surface area (Å²) in [6, 6.07) is 8.87. The molecule has 0 amide bonds. The lowest BCUT2D eigenvalue weighted by Gasteiger charge is -2.40. The third kappa shape index (κ3) is 3.31. The van der Waals surface area contributed by atoms with Gasteiger partial charge in [0.25, 0.3) is 0 Å². The number of nitriles is 1. The average Bonchev–Trinajstić information content (AvgIpc) is 3.08. The van der Waals surface area contributed by atoms with Gasteiger partial charge in [-0.25, -0.2) is 9.37 Å². The first kappa shape index (κ1) is 16.6. The van der Waals surface area contributed by atoms with Gasteiger partial charge in [0, 0.05) is 30.5 Å². The molecule has 2 atom stereocenters. The van der Waals surface area contributed by atoms with Crippen LogP contribution in [0.25, 0.3) is 11.5 Å². The second kappa shape index (κ2) is 6.70. The Bertz CT molecular complexity index is 741. The molecule has 3 heterocycles. The Kier molecular flexibility index (Phi) is 4.63. The highest BCUT2D eigenvalue weighted by molar-refractivity contribution is 5.51. The Morgan fingerprint density at radius 3 is 2.92 bits per heavy atom. The molecule has 4 nitrogen and oxygen atoms in total. The minimum absolute atomic E-state index is 0.204. The molecule has 0 N–H and O–H groups in total. The largest absolute Gasteiger partial charge is 0.463 e. The molecular formula is C18H19F2N3O. The number of likely N-dealkylation sites (tertiary alicyclic amines) is 1. The molecule has 0 radical (unpaired) electrons. The Morgan fingerprint density at radius 2 is 2.29 bits per heavy atom. The van der Waals surface area contributed by atoms with Crippen molar-refractivity contribution < 1.29 is 13.2 Å². The van der Waals surface area contributed by atoms with Gasteiger partial charge in [-0.2, -0.15) is 9.65 Å². The summed E-state index contributed by atoms with van der Waals surface area (Å²) >= 11 is 0. The molecule has 0 bridgehead atoms. The fraction of sp³-hybridized carbons (Fsp3) is 0.444. The van der Waals surface area contributed by atoms with Crippen LogP contribution in [-0.2, 0) is 6.54 Å². The van der Waals surface area contributed by atoms with Gasteiger partial charge in [-0.1, -0.05) is 13.0 Å². The van der Waals surface area contributed by atoms with Crippen molar-refractivity contribution in [2.24, 2.45) is 5.41 Å². The first-order valence-electron chi connectivity index (χ1n) is 7.94. The molecule has 0 aromatic carbocycles. The van der Waals surface area contributed by atoms with Crippen LogP contribution in [0.4, 0.5) is 8.78 Å². The maximum absolute atomic E-state index is 14.4. The molecule has 3 rings (SSSR count). The van der Waals surface area contributed by atoms with Crippen LogP contribution in [0.3, 0.4) is 0 Å². The molecule has 2 aromatic heterocycles. The number of hydrogen-bond donors (Lipinski definition) is 0. The predicted molar refractivity (Wildman–Crippen MR) is 85.0 cm³/mol. The van der Waals surface area contributed by atoms with E-state index in [1.165, 1.54) is 6.26 Å². The number of hydrogen-bond acceptors (Lipinski definition) is 4. The first-order valence-corrected chi connectivity index (χ1v) is 7.94. The molecule has 1 saturated heterocycles. The lowest BCUT2D eigenvalue weighted by atomic mass is 9.76. The Balaban J connectivity index is 1.68. The fourth-order valence-corrected chi connectivity index (χ4v) is 3.02. The molecule has 1 fully saturated rings. The maximum atomic E-state index is 14.4. The van der Waals surface area contributed by atoms with Crippen molar-refractivity contribution in [3.63, 3.8) is 0 Å². The van der Waals surface area contributed by atoms with E-state index in [1.54, 1.807) is 31.2 Å². The van der Waals surface area contributed by atoms with Crippen molar-refractivity contribution in [1.29, 1.82) is 5.26 Å². The van der Waals surface area contributed by atoms with Gasteiger partial charge in [0.1, 0.15) is 11.9 Å². The van der Waals surface area contributed by atoms with Crippen LogP contribution >= 0.6 is 0 Å². The average molecular weight is 331 g/mol. The lowest BCUT2D eigenvalue weighted by Crippen LogP contribution is -2.47. The molecule has 6 heteroatoms. The predicted octanol–water partition coefficient (Wildman–Crippen LogP) is 3.94. The van der Waals surface area contributed by atoms with Crippen molar-refractivity contribution in [3.05, 3.63) is 42.0 Å². The van der Waals surface area contributed by atoms with Crippen LogP contribution in [-0.4, -0.2) is 29.1 Å². The van der Waals surface area contributed by atoms with Crippen LogP contribution in [0.2, 0.25) is 0 Å². The molecule has 2 unspecified atom stereocenters. The van der Waals surface area contributed by atoms with Gasteiger partial charge < -0.3 is 4.42 Å². The Morgan fingerprint density at radius 1 is 1.46 bits per heavy atom. The summed E-state index contributed by atoms with van der Waals surface area (Å²) in [4.78, 5) is 5.81. The molecule has 1 aliphatic heterocycles. The standard InChI is InChI=1S/C18H19F2N3O/c1-18(6-8-21)7-9-23(12-16(18)19)11-13-4-5-14(22-17(13)20)15-3-2-10-24-15/h2-5,10,16H,6-7,9,11-12H2,1H3. The van der Waals surface area contributed by atoms with Gasteiger partial charge in [-0.15, -0.1) is 0 Å². The molecule has 0 spiro atoms. The van der Waals surface area contributed by atoms with E-state index in [0.29, 0.717) is 36.5 Å². The minimum atomic E-state index is -1.09. The smallest absolute Gasteiger partial charge is 0.218 e. The van der Waals surface area contributed by atoms with Gasteiger partial charge in [-0.05, 0) is 31.2 Å². The normalized spacial score (nSPS) is 24.7. The summed E-state index contributed by atoms with van der Waals surface area (Å²) in [5.41, 5.74) is 0.261. The molecule has 126 valence electrons. The molecule has 1 aliphatic rings. The van der Waals surface area contributed by atoms with E-state index in [1.807, 2.05) is 4.90 Å². The summed E-state index contributed by atoms with van der Waals surface area (Å²) in [5, 5.41) is 8.85. The summed E-state index contributed by atoms with van der Waals surface area (Å²) in [7, 11) is 0. The van der Waals surface area contributed by atoms with Gasteiger partial charge in [0.05, 0.1) is 12.3 Å². The third-order valence-corrected chi connectivity index (χ3v) is 4.75. The summed E-state index contributed by atoms with van der Waals surface area (Å²) in [6.07, 6.45) is 1.21. The van der Waals surface area contributed by atoms with E-state index in [-0.39, 0.29) is 13.0 Å². The van der Waals surface area contributed by atoms with Gasteiger partial charge in [-0.3, -0.25) is 4.90 Å². The van der Waals surface area contributed by atoms with Crippen molar-refractivity contribution in [2.75, 3.05) is 13.1 Å². The van der Waals surface area contributed by atoms with Gasteiger partial charge >= 0.3 is 0 Å². The minimum Gasteiger partial charge on any atom is -0.463 e. The second-order valence-electron chi connectivity index (χ2n) is 6.57.